The molecule has 29 heavy (non-hydrogen) atoms. The number of imidazole rings is 1. The molecule has 9 heteroatoms. The number of aromatic nitrogens is 3. The lowest BCUT2D eigenvalue weighted by atomic mass is 10.2. The van der Waals surface area contributed by atoms with Gasteiger partial charge < -0.3 is 15.8 Å². The second kappa shape index (κ2) is 9.47. The maximum Gasteiger partial charge on any atom is 0.323 e. The summed E-state index contributed by atoms with van der Waals surface area (Å²) in [6.45, 7) is 0.692. The van der Waals surface area contributed by atoms with Gasteiger partial charge >= 0.3 is 5.97 Å². The highest BCUT2D eigenvalue weighted by molar-refractivity contribution is 7.99. The average molecular weight is 434 g/mol. The third-order valence-electron chi connectivity index (χ3n) is 4.71. The minimum Gasteiger partial charge on any atom is -0.468 e. The molecule has 2 aromatic heterocycles. The van der Waals surface area contributed by atoms with Gasteiger partial charge in [-0.05, 0) is 24.5 Å². The second-order valence-electron chi connectivity index (χ2n) is 6.87. The van der Waals surface area contributed by atoms with Crippen molar-refractivity contribution in [3.8, 4) is 0 Å². The molecule has 1 saturated carbocycles. The SMILES string of the molecule is COC(=O)[C@@H](N)CSc1cc(NCc2ccccc2)c2ncc(C3CC3)n2n1.Cl. The van der Waals surface area contributed by atoms with E-state index in [2.05, 4.69) is 22.4 Å². The summed E-state index contributed by atoms with van der Waals surface area (Å²) >= 11 is 1.44. The summed E-state index contributed by atoms with van der Waals surface area (Å²) in [6.07, 6.45) is 4.27. The minimum atomic E-state index is -0.682. The van der Waals surface area contributed by atoms with E-state index in [0.717, 1.165) is 22.1 Å². The lowest BCUT2D eigenvalue weighted by Gasteiger charge is -2.12. The Balaban J connectivity index is 0.00000240. The topological polar surface area (TPSA) is 94.5 Å². The Morgan fingerprint density at radius 1 is 1.38 bits per heavy atom. The quantitative estimate of drug-likeness (QED) is 0.416. The van der Waals surface area contributed by atoms with Gasteiger partial charge in [0.25, 0.3) is 0 Å². The number of esters is 1. The van der Waals surface area contributed by atoms with E-state index in [-0.39, 0.29) is 12.4 Å². The fraction of sp³-hybridized carbons (Fsp3) is 0.350. The molecule has 2 heterocycles. The van der Waals surface area contributed by atoms with E-state index < -0.39 is 12.0 Å². The number of hydrogen-bond acceptors (Lipinski definition) is 7. The largest absolute Gasteiger partial charge is 0.468 e. The maximum atomic E-state index is 11.6. The van der Waals surface area contributed by atoms with Crippen molar-refractivity contribution in [2.45, 2.75) is 36.4 Å². The molecule has 1 aliphatic rings. The zero-order valence-electron chi connectivity index (χ0n) is 16.1. The first-order chi connectivity index (χ1) is 13.7. The molecule has 1 aliphatic carbocycles. The zero-order valence-corrected chi connectivity index (χ0v) is 17.7. The number of carbonyl (C=O) groups is 1. The molecule has 154 valence electrons. The van der Waals surface area contributed by atoms with Gasteiger partial charge in [-0.3, -0.25) is 4.79 Å². The summed E-state index contributed by atoms with van der Waals surface area (Å²) < 4.78 is 6.63. The van der Waals surface area contributed by atoms with Crippen LogP contribution in [-0.4, -0.2) is 39.5 Å². The number of anilines is 1. The van der Waals surface area contributed by atoms with Crippen molar-refractivity contribution in [3.63, 3.8) is 0 Å². The number of halogens is 1. The van der Waals surface area contributed by atoms with Crippen LogP contribution in [0.4, 0.5) is 5.69 Å². The minimum absolute atomic E-state index is 0. The van der Waals surface area contributed by atoms with Crippen molar-refractivity contribution in [2.24, 2.45) is 5.73 Å². The molecule has 0 amide bonds. The summed E-state index contributed by atoms with van der Waals surface area (Å²) in [4.78, 5) is 16.2. The number of thioether (sulfide) groups is 1. The fourth-order valence-electron chi connectivity index (χ4n) is 3.01. The number of nitrogens with one attached hydrogen (secondary N) is 1. The van der Waals surface area contributed by atoms with Crippen LogP contribution in [0.5, 0.6) is 0 Å². The molecule has 7 nitrogen and oxygen atoms in total. The molecular formula is C20H24ClN5O2S. The summed E-state index contributed by atoms with van der Waals surface area (Å²) in [6, 6.07) is 11.5. The van der Waals surface area contributed by atoms with E-state index >= 15 is 0 Å². The number of hydrogen-bond donors (Lipinski definition) is 2. The number of rotatable bonds is 8. The van der Waals surface area contributed by atoms with Crippen LogP contribution >= 0.6 is 24.2 Å². The van der Waals surface area contributed by atoms with Crippen LogP contribution < -0.4 is 11.1 Å². The Hall–Kier alpha value is -2.29. The van der Waals surface area contributed by atoms with Gasteiger partial charge in [-0.2, -0.15) is 5.10 Å². The smallest absolute Gasteiger partial charge is 0.323 e. The van der Waals surface area contributed by atoms with Gasteiger partial charge in [-0.25, -0.2) is 9.50 Å². The average Bonchev–Trinajstić information content (AvgIpc) is 3.49. The Kier molecular flexibility index (Phi) is 7.00. The second-order valence-corrected chi connectivity index (χ2v) is 7.91. The van der Waals surface area contributed by atoms with Crippen LogP contribution in [-0.2, 0) is 16.1 Å². The molecule has 0 saturated heterocycles. The van der Waals surface area contributed by atoms with Crippen molar-refractivity contribution < 1.29 is 9.53 Å². The molecule has 0 spiro atoms. The third-order valence-corrected chi connectivity index (χ3v) is 5.73. The van der Waals surface area contributed by atoms with Crippen molar-refractivity contribution >= 4 is 41.5 Å². The lowest BCUT2D eigenvalue weighted by Crippen LogP contribution is -2.33. The number of nitrogens with zero attached hydrogens (tertiary/aromatic N) is 3. The summed E-state index contributed by atoms with van der Waals surface area (Å²) in [5, 5.41) is 9.01. The van der Waals surface area contributed by atoms with Crippen LogP contribution in [0.1, 0.15) is 30.0 Å². The number of carbonyl (C=O) groups excluding carboxylic acids is 1. The van der Waals surface area contributed by atoms with Gasteiger partial charge in [-0.15, -0.1) is 24.2 Å². The van der Waals surface area contributed by atoms with Gasteiger partial charge in [0.2, 0.25) is 0 Å². The number of methoxy groups -OCH3 is 1. The van der Waals surface area contributed by atoms with Crippen LogP contribution in [0.2, 0.25) is 0 Å². The Bertz CT molecular complexity index is 978. The predicted molar refractivity (Wildman–Crippen MR) is 117 cm³/mol. The van der Waals surface area contributed by atoms with E-state index in [4.69, 9.17) is 15.6 Å². The van der Waals surface area contributed by atoms with Gasteiger partial charge in [-0.1, -0.05) is 30.3 Å². The van der Waals surface area contributed by atoms with Gasteiger partial charge in [0.15, 0.2) is 5.65 Å². The molecule has 0 aliphatic heterocycles. The molecule has 1 atom stereocenters. The summed E-state index contributed by atoms with van der Waals surface area (Å²) in [5.74, 6) is 0.510. The molecule has 4 rings (SSSR count). The van der Waals surface area contributed by atoms with Gasteiger partial charge in [0.05, 0.1) is 24.7 Å². The van der Waals surface area contributed by atoms with Crippen molar-refractivity contribution in [3.05, 3.63) is 53.9 Å². The highest BCUT2D eigenvalue weighted by Gasteiger charge is 2.28. The lowest BCUT2D eigenvalue weighted by molar-refractivity contribution is -0.141. The Morgan fingerprint density at radius 2 is 2.14 bits per heavy atom. The first kappa shape index (κ1) is 21.4. The normalized spacial score (nSPS) is 14.3. The molecule has 1 aromatic carbocycles. The van der Waals surface area contributed by atoms with E-state index in [1.165, 1.54) is 37.3 Å². The highest BCUT2D eigenvalue weighted by atomic mass is 35.5. The standard InChI is InChI=1S/C20H23N5O2S.ClH/c1-27-20(26)15(21)12-28-18-9-16(22-10-13-5-3-2-4-6-13)19-23-11-17(14-7-8-14)25(19)24-18;/h2-6,9,11,14-15,22H,7-8,10,12,21H2,1H3;1H/t15-;/m0./s1. The number of benzene rings is 1. The summed E-state index contributed by atoms with van der Waals surface area (Å²) in [5.41, 5.74) is 9.93. The van der Waals surface area contributed by atoms with Gasteiger partial charge in [0, 0.05) is 18.2 Å². The van der Waals surface area contributed by atoms with Crippen molar-refractivity contribution in [1.29, 1.82) is 0 Å². The number of ether oxygens (including phenoxy) is 1. The third kappa shape index (κ3) is 5.01. The molecule has 1 fully saturated rings. The molecule has 0 unspecified atom stereocenters. The monoisotopic (exact) mass is 433 g/mol. The van der Waals surface area contributed by atoms with Crippen LogP contribution in [0.25, 0.3) is 5.65 Å². The fourth-order valence-corrected chi connectivity index (χ4v) is 3.84. The van der Waals surface area contributed by atoms with Crippen LogP contribution in [0.3, 0.4) is 0 Å². The molecule has 0 bridgehead atoms. The number of fused-ring (bicyclic) bond motifs is 1. The Labute approximate surface area is 179 Å². The molecular weight excluding hydrogens is 410 g/mol. The highest BCUT2D eigenvalue weighted by Crippen LogP contribution is 2.40. The molecule has 3 N–H and O–H groups in total. The van der Waals surface area contributed by atoms with E-state index in [1.807, 2.05) is 35.0 Å². The van der Waals surface area contributed by atoms with Gasteiger partial charge in [0.1, 0.15) is 11.1 Å². The predicted octanol–water partition coefficient (Wildman–Crippen LogP) is 3.23. The van der Waals surface area contributed by atoms with E-state index in [0.29, 0.717) is 18.2 Å². The summed E-state index contributed by atoms with van der Waals surface area (Å²) in [7, 11) is 1.34. The maximum absolute atomic E-state index is 11.6. The van der Waals surface area contributed by atoms with Crippen LogP contribution in [0.15, 0.2) is 47.6 Å². The molecule has 3 aromatic rings. The van der Waals surface area contributed by atoms with Crippen molar-refractivity contribution in [1.82, 2.24) is 14.6 Å². The van der Waals surface area contributed by atoms with Crippen molar-refractivity contribution in [2.75, 3.05) is 18.2 Å². The van der Waals surface area contributed by atoms with E-state index in [9.17, 15) is 4.79 Å². The first-order valence-electron chi connectivity index (χ1n) is 9.28. The number of nitrogens with two attached hydrogens (primary N) is 1. The van der Waals surface area contributed by atoms with Crippen LogP contribution in [0, 0.1) is 0 Å². The first-order valence-corrected chi connectivity index (χ1v) is 10.3. The van der Waals surface area contributed by atoms with E-state index in [1.54, 1.807) is 0 Å². The Morgan fingerprint density at radius 3 is 2.83 bits per heavy atom. The molecule has 0 radical (unpaired) electrons. The zero-order chi connectivity index (χ0) is 19.5.